The van der Waals surface area contributed by atoms with Crippen LogP contribution in [0.2, 0.25) is 5.02 Å². The Balaban J connectivity index is 1.60. The number of carboxylic acids is 1. The maximum Gasteiger partial charge on any atom is 0.307 e. The fourth-order valence-electron chi connectivity index (χ4n) is 3.91. The van der Waals surface area contributed by atoms with E-state index < -0.39 is 5.97 Å². The predicted octanol–water partition coefficient (Wildman–Crippen LogP) is 3.61. The van der Waals surface area contributed by atoms with Gasteiger partial charge in [-0.2, -0.15) is 0 Å². The van der Waals surface area contributed by atoms with E-state index in [1.165, 1.54) is 45.2 Å². The Morgan fingerprint density at radius 1 is 1.26 bits per heavy atom. The van der Waals surface area contributed by atoms with Gasteiger partial charge < -0.3 is 9.84 Å². The zero-order valence-electron chi connectivity index (χ0n) is 13.3. The lowest BCUT2D eigenvalue weighted by molar-refractivity contribution is -0.136. The van der Waals surface area contributed by atoms with E-state index >= 15 is 0 Å². The minimum absolute atomic E-state index is 0.0142. The van der Waals surface area contributed by atoms with Crippen LogP contribution in [0.4, 0.5) is 0 Å². The number of carboxylic acid groups (broad SMARTS) is 1. The highest BCUT2D eigenvalue weighted by atomic mass is 35.5. The van der Waals surface area contributed by atoms with Crippen LogP contribution in [0.1, 0.15) is 37.7 Å². The summed E-state index contributed by atoms with van der Waals surface area (Å²) in [5, 5.41) is 9.33. The number of nitrogens with zero attached hydrogens (tertiary/aromatic N) is 1. The molecule has 5 heteroatoms. The molecule has 0 unspecified atom stereocenters. The fraction of sp³-hybridized carbons (Fsp3) is 0.611. The van der Waals surface area contributed by atoms with Gasteiger partial charge in [-0.3, -0.25) is 9.69 Å². The Morgan fingerprint density at radius 2 is 2.09 bits per heavy atom. The number of hydrogen-bond acceptors (Lipinski definition) is 3. The smallest absolute Gasteiger partial charge is 0.307 e. The van der Waals surface area contributed by atoms with Crippen LogP contribution in [-0.4, -0.2) is 41.7 Å². The van der Waals surface area contributed by atoms with Gasteiger partial charge in [-0.05, 0) is 56.5 Å². The maximum absolute atomic E-state index is 10.8. The molecule has 0 aromatic heterocycles. The highest BCUT2D eigenvalue weighted by Crippen LogP contribution is 2.32. The topological polar surface area (TPSA) is 49.8 Å². The first-order chi connectivity index (χ1) is 11.1. The monoisotopic (exact) mass is 337 g/mol. The van der Waals surface area contributed by atoms with E-state index in [0.717, 1.165) is 0 Å². The third kappa shape index (κ3) is 4.18. The van der Waals surface area contributed by atoms with E-state index in [4.69, 9.17) is 21.4 Å². The molecule has 1 aromatic carbocycles. The molecule has 1 N–H and O–H groups in total. The number of rotatable bonds is 5. The van der Waals surface area contributed by atoms with Gasteiger partial charge in [0.05, 0.1) is 18.1 Å². The minimum Gasteiger partial charge on any atom is -0.492 e. The van der Waals surface area contributed by atoms with Crippen molar-refractivity contribution in [3.05, 3.63) is 28.8 Å². The molecule has 2 aliphatic heterocycles. The van der Waals surface area contributed by atoms with Gasteiger partial charge in [0.1, 0.15) is 5.75 Å². The van der Waals surface area contributed by atoms with Crippen molar-refractivity contribution in [3.63, 3.8) is 0 Å². The summed E-state index contributed by atoms with van der Waals surface area (Å²) in [4.78, 5) is 13.4. The molecule has 0 radical (unpaired) electrons. The van der Waals surface area contributed by atoms with Crippen LogP contribution >= 0.6 is 11.6 Å². The molecule has 1 aromatic rings. The predicted molar refractivity (Wildman–Crippen MR) is 90.2 cm³/mol. The third-order valence-electron chi connectivity index (χ3n) is 5.03. The Morgan fingerprint density at radius 3 is 2.87 bits per heavy atom. The molecule has 4 nitrogen and oxygen atoms in total. The van der Waals surface area contributed by atoms with Gasteiger partial charge in [0.2, 0.25) is 0 Å². The summed E-state index contributed by atoms with van der Waals surface area (Å²) >= 11 is 6.24. The maximum atomic E-state index is 10.8. The Kier molecular flexibility index (Phi) is 5.44. The van der Waals surface area contributed by atoms with Crippen molar-refractivity contribution < 1.29 is 14.6 Å². The molecule has 0 amide bonds. The van der Waals surface area contributed by atoms with Crippen LogP contribution in [-0.2, 0) is 11.2 Å². The largest absolute Gasteiger partial charge is 0.492 e. The summed E-state index contributed by atoms with van der Waals surface area (Å²) < 4.78 is 5.98. The summed E-state index contributed by atoms with van der Waals surface area (Å²) in [6.07, 6.45) is 6.37. The number of piperidine rings is 2. The summed E-state index contributed by atoms with van der Waals surface area (Å²) in [5.41, 5.74) is 0.700. The molecule has 2 fully saturated rings. The van der Waals surface area contributed by atoms with Crippen LogP contribution in [0, 0.1) is 5.92 Å². The Labute approximate surface area is 142 Å². The average Bonchev–Trinajstić information content (AvgIpc) is 2.53. The summed E-state index contributed by atoms with van der Waals surface area (Å²) in [6.45, 7) is 3.15. The Bertz CT molecular complexity index is 561. The molecule has 0 bridgehead atoms. The number of aliphatic carboxylic acids is 1. The summed E-state index contributed by atoms with van der Waals surface area (Å²) in [6, 6.07) is 5.92. The molecule has 0 spiro atoms. The van der Waals surface area contributed by atoms with Gasteiger partial charge in [-0.15, -0.1) is 0 Å². The number of fused-ring (bicyclic) bond motifs is 1. The lowest BCUT2D eigenvalue weighted by Crippen LogP contribution is -2.49. The normalized spacial score (nSPS) is 24.9. The van der Waals surface area contributed by atoms with Crippen LogP contribution in [0.5, 0.6) is 5.75 Å². The van der Waals surface area contributed by atoms with Crippen molar-refractivity contribution in [1.29, 1.82) is 0 Å². The van der Waals surface area contributed by atoms with Crippen LogP contribution in [0.25, 0.3) is 0 Å². The molecule has 0 saturated carbocycles. The van der Waals surface area contributed by atoms with Crippen LogP contribution in [0.15, 0.2) is 18.2 Å². The summed E-state index contributed by atoms with van der Waals surface area (Å²) in [5.74, 6) is 0.377. The van der Waals surface area contributed by atoms with Gasteiger partial charge >= 0.3 is 5.97 Å². The minimum atomic E-state index is -0.852. The highest BCUT2D eigenvalue weighted by Gasteiger charge is 2.33. The molecule has 3 rings (SSSR count). The van der Waals surface area contributed by atoms with Crippen LogP contribution in [0.3, 0.4) is 0 Å². The van der Waals surface area contributed by atoms with Gasteiger partial charge in [0.15, 0.2) is 0 Å². The fourth-order valence-corrected chi connectivity index (χ4v) is 4.17. The molecular formula is C18H24ClNO3. The van der Waals surface area contributed by atoms with Gasteiger partial charge in [-0.25, -0.2) is 0 Å². The number of halogens is 1. The van der Waals surface area contributed by atoms with Gasteiger partial charge in [0, 0.05) is 12.0 Å². The van der Waals surface area contributed by atoms with Gasteiger partial charge in [-0.1, -0.05) is 24.1 Å². The van der Waals surface area contributed by atoms with Gasteiger partial charge in [0.25, 0.3) is 0 Å². The van der Waals surface area contributed by atoms with Crippen molar-refractivity contribution in [2.24, 2.45) is 5.92 Å². The second kappa shape index (κ2) is 7.54. The zero-order chi connectivity index (χ0) is 16.2. The molecule has 23 heavy (non-hydrogen) atoms. The van der Waals surface area contributed by atoms with E-state index in [2.05, 4.69) is 4.90 Å². The quantitative estimate of drug-likeness (QED) is 0.891. The van der Waals surface area contributed by atoms with E-state index in [1.807, 2.05) is 0 Å². The second-order valence-electron chi connectivity index (χ2n) is 6.65. The lowest BCUT2D eigenvalue weighted by Gasteiger charge is -2.44. The zero-order valence-corrected chi connectivity index (χ0v) is 14.1. The first kappa shape index (κ1) is 16.6. The molecule has 2 atom stereocenters. The van der Waals surface area contributed by atoms with Crippen molar-refractivity contribution >= 4 is 17.6 Å². The highest BCUT2D eigenvalue weighted by molar-refractivity contribution is 6.32. The van der Waals surface area contributed by atoms with Crippen molar-refractivity contribution in [2.75, 3.05) is 19.7 Å². The SMILES string of the molecule is O=C(O)Cc1ccc(OC[C@@H]2CCCN3CCCC[C@H]23)c(Cl)c1. The average molecular weight is 338 g/mol. The first-order valence-electron chi connectivity index (χ1n) is 8.50. The van der Waals surface area contributed by atoms with Crippen LogP contribution < -0.4 is 4.74 Å². The molecule has 2 heterocycles. The number of hydrogen-bond donors (Lipinski definition) is 1. The molecular weight excluding hydrogens is 314 g/mol. The van der Waals surface area contributed by atoms with E-state index in [-0.39, 0.29) is 6.42 Å². The van der Waals surface area contributed by atoms with Crippen molar-refractivity contribution in [2.45, 2.75) is 44.6 Å². The molecule has 2 saturated heterocycles. The number of benzene rings is 1. The van der Waals surface area contributed by atoms with Crippen molar-refractivity contribution in [1.82, 2.24) is 4.90 Å². The Hall–Kier alpha value is -1.26. The second-order valence-corrected chi connectivity index (χ2v) is 7.05. The van der Waals surface area contributed by atoms with E-state index in [0.29, 0.717) is 34.9 Å². The standard InChI is InChI=1S/C18H24ClNO3/c19-15-10-13(11-18(21)22)6-7-17(15)23-12-14-4-3-9-20-8-2-1-5-16(14)20/h6-7,10,14,16H,1-5,8-9,11-12H2,(H,21,22)/t14-,16+/m0/s1. The third-order valence-corrected chi connectivity index (χ3v) is 5.33. The lowest BCUT2D eigenvalue weighted by atomic mass is 9.84. The van der Waals surface area contributed by atoms with Crippen molar-refractivity contribution in [3.8, 4) is 5.75 Å². The molecule has 2 aliphatic rings. The van der Waals surface area contributed by atoms with E-state index in [9.17, 15) is 4.79 Å². The number of ether oxygens (including phenoxy) is 1. The molecule has 0 aliphatic carbocycles. The number of carbonyl (C=O) groups is 1. The summed E-state index contributed by atoms with van der Waals surface area (Å²) in [7, 11) is 0. The first-order valence-corrected chi connectivity index (χ1v) is 8.88. The van der Waals surface area contributed by atoms with E-state index in [1.54, 1.807) is 18.2 Å². The molecule has 126 valence electrons.